The molecule has 1 aromatic carbocycles. The summed E-state index contributed by atoms with van der Waals surface area (Å²) in [6.07, 6.45) is 0. The minimum Gasteiger partial charge on any atom is -0.478 e. The molecule has 5 nitrogen and oxygen atoms in total. The molecule has 1 heterocycles. The van der Waals surface area contributed by atoms with Crippen LogP contribution in [-0.2, 0) is 7.05 Å². The Morgan fingerprint density at radius 1 is 1.47 bits per heavy atom. The summed E-state index contributed by atoms with van der Waals surface area (Å²) in [4.78, 5) is 11.2. The van der Waals surface area contributed by atoms with Crippen molar-refractivity contribution < 1.29 is 9.90 Å². The third-order valence-corrected chi connectivity index (χ3v) is 2.98. The van der Waals surface area contributed by atoms with Gasteiger partial charge >= 0.3 is 5.97 Å². The lowest BCUT2D eigenvalue weighted by Crippen LogP contribution is -2.03. The topological polar surface area (TPSA) is 68.0 Å². The summed E-state index contributed by atoms with van der Waals surface area (Å²) in [5.74, 6) is -0.965. The first-order valence-electron chi connectivity index (χ1n) is 4.90. The summed E-state index contributed by atoms with van der Waals surface area (Å²) in [6.45, 7) is 1.91. The molecule has 1 aromatic heterocycles. The Morgan fingerprint density at radius 3 is 2.71 bits per heavy atom. The van der Waals surface area contributed by atoms with Gasteiger partial charge in [-0.3, -0.25) is 0 Å². The molecule has 0 fully saturated rings. The van der Waals surface area contributed by atoms with Gasteiger partial charge in [0.05, 0.1) is 5.56 Å². The van der Waals surface area contributed by atoms with Crippen LogP contribution in [0.5, 0.6) is 0 Å². The average molecular weight is 296 g/mol. The highest BCUT2D eigenvalue weighted by Crippen LogP contribution is 2.29. The van der Waals surface area contributed by atoms with E-state index in [1.165, 1.54) is 0 Å². The first kappa shape index (κ1) is 11.8. The van der Waals surface area contributed by atoms with Gasteiger partial charge in [-0.1, -0.05) is 16.8 Å². The van der Waals surface area contributed by atoms with Gasteiger partial charge in [0, 0.05) is 12.6 Å². The van der Waals surface area contributed by atoms with E-state index in [0.29, 0.717) is 15.9 Å². The molecule has 0 radical (unpaired) electrons. The van der Waals surface area contributed by atoms with Gasteiger partial charge in [-0.25, -0.2) is 9.48 Å². The van der Waals surface area contributed by atoms with E-state index in [4.69, 9.17) is 0 Å². The number of aryl methyl sites for hydroxylation is 2. The summed E-state index contributed by atoms with van der Waals surface area (Å²) < 4.78 is 2.08. The first-order chi connectivity index (χ1) is 8.00. The van der Waals surface area contributed by atoms with Crippen LogP contribution in [0, 0.1) is 6.92 Å². The lowest BCUT2D eigenvalue weighted by molar-refractivity contribution is 0.0697. The van der Waals surface area contributed by atoms with E-state index < -0.39 is 5.97 Å². The number of aromatic carboxylic acids is 1. The molecule has 0 aliphatic rings. The zero-order valence-electron chi connectivity index (χ0n) is 9.31. The number of rotatable bonds is 2. The van der Waals surface area contributed by atoms with Crippen molar-refractivity contribution in [2.24, 2.45) is 7.05 Å². The van der Waals surface area contributed by atoms with E-state index in [1.807, 2.05) is 13.0 Å². The van der Waals surface area contributed by atoms with Crippen LogP contribution in [0.15, 0.2) is 22.8 Å². The van der Waals surface area contributed by atoms with Crippen molar-refractivity contribution >= 4 is 21.9 Å². The minimum atomic E-state index is -0.965. The van der Waals surface area contributed by atoms with Crippen molar-refractivity contribution in [3.05, 3.63) is 33.9 Å². The lowest BCUT2D eigenvalue weighted by Gasteiger charge is -2.07. The van der Waals surface area contributed by atoms with E-state index >= 15 is 0 Å². The van der Waals surface area contributed by atoms with E-state index in [1.54, 1.807) is 23.9 Å². The molecule has 0 bridgehead atoms. The maximum atomic E-state index is 11.2. The Labute approximate surface area is 106 Å². The van der Waals surface area contributed by atoms with Crippen molar-refractivity contribution in [1.29, 1.82) is 0 Å². The molecule has 0 aliphatic heterocycles. The fraction of sp³-hybridized carbons (Fsp3) is 0.182. The highest BCUT2D eigenvalue weighted by atomic mass is 79.9. The fourth-order valence-corrected chi connectivity index (χ4v) is 2.20. The Balaban J connectivity index is 2.74. The van der Waals surface area contributed by atoms with Crippen molar-refractivity contribution in [2.75, 3.05) is 0 Å². The maximum Gasteiger partial charge on any atom is 0.336 e. The Bertz CT molecular complexity index is 573. The fourth-order valence-electron chi connectivity index (χ4n) is 1.66. The van der Waals surface area contributed by atoms with Crippen LogP contribution in [0.1, 0.15) is 15.9 Å². The van der Waals surface area contributed by atoms with E-state index in [0.717, 1.165) is 5.56 Å². The molecule has 0 amide bonds. The second kappa shape index (κ2) is 4.29. The first-order valence-corrected chi connectivity index (χ1v) is 5.69. The van der Waals surface area contributed by atoms with Gasteiger partial charge in [0.25, 0.3) is 0 Å². The number of carboxylic acid groups (broad SMARTS) is 1. The van der Waals surface area contributed by atoms with Crippen LogP contribution in [0.25, 0.3) is 11.3 Å². The van der Waals surface area contributed by atoms with Crippen molar-refractivity contribution in [2.45, 2.75) is 6.92 Å². The lowest BCUT2D eigenvalue weighted by atomic mass is 10.0. The molecular formula is C11H10BrN3O2. The zero-order chi connectivity index (χ0) is 12.6. The van der Waals surface area contributed by atoms with Crippen LogP contribution in [-0.4, -0.2) is 26.1 Å². The summed E-state index contributed by atoms with van der Waals surface area (Å²) in [7, 11) is 1.72. The predicted molar refractivity (Wildman–Crippen MR) is 65.8 cm³/mol. The van der Waals surface area contributed by atoms with Gasteiger partial charge < -0.3 is 5.11 Å². The van der Waals surface area contributed by atoms with Crippen LogP contribution < -0.4 is 0 Å². The van der Waals surface area contributed by atoms with Gasteiger partial charge in [-0.15, -0.1) is 5.10 Å². The third kappa shape index (κ3) is 2.08. The van der Waals surface area contributed by atoms with Crippen LogP contribution in [0.3, 0.4) is 0 Å². The summed E-state index contributed by atoms with van der Waals surface area (Å²) in [6, 6.07) is 5.17. The Kier molecular flexibility index (Phi) is 2.97. The van der Waals surface area contributed by atoms with Crippen LogP contribution >= 0.6 is 15.9 Å². The Hall–Kier alpha value is -1.69. The number of carboxylic acids is 1. The average Bonchev–Trinajstić information content (AvgIpc) is 2.58. The number of aromatic nitrogens is 3. The molecule has 0 atom stereocenters. The molecule has 2 aromatic rings. The van der Waals surface area contributed by atoms with Gasteiger partial charge in [-0.05, 0) is 35.0 Å². The van der Waals surface area contributed by atoms with Gasteiger partial charge in [-0.2, -0.15) is 0 Å². The SMILES string of the molecule is Cc1ccc(C(=O)O)c(-c2c(Br)nnn2C)c1. The molecule has 2 rings (SSSR count). The number of hydrogen-bond acceptors (Lipinski definition) is 3. The van der Waals surface area contributed by atoms with Crippen LogP contribution in [0.4, 0.5) is 0 Å². The highest BCUT2D eigenvalue weighted by molar-refractivity contribution is 9.10. The van der Waals surface area contributed by atoms with E-state index in [9.17, 15) is 9.90 Å². The number of nitrogens with zero attached hydrogens (tertiary/aromatic N) is 3. The van der Waals surface area contributed by atoms with Crippen LogP contribution in [0.2, 0.25) is 0 Å². The molecule has 0 saturated heterocycles. The summed E-state index contributed by atoms with van der Waals surface area (Å²) >= 11 is 3.27. The van der Waals surface area contributed by atoms with E-state index in [-0.39, 0.29) is 5.56 Å². The number of halogens is 1. The minimum absolute atomic E-state index is 0.238. The molecule has 0 unspecified atom stereocenters. The molecule has 6 heteroatoms. The largest absolute Gasteiger partial charge is 0.478 e. The normalized spacial score (nSPS) is 10.5. The van der Waals surface area contributed by atoms with Gasteiger partial charge in [0.1, 0.15) is 5.69 Å². The quantitative estimate of drug-likeness (QED) is 0.923. The highest BCUT2D eigenvalue weighted by Gasteiger charge is 2.18. The second-order valence-corrected chi connectivity index (χ2v) is 4.46. The molecule has 17 heavy (non-hydrogen) atoms. The molecule has 0 spiro atoms. The second-order valence-electron chi connectivity index (χ2n) is 3.71. The van der Waals surface area contributed by atoms with E-state index in [2.05, 4.69) is 26.2 Å². The molecule has 88 valence electrons. The summed E-state index contributed by atoms with van der Waals surface area (Å²) in [5, 5.41) is 16.9. The number of hydrogen-bond donors (Lipinski definition) is 1. The number of carbonyl (C=O) groups is 1. The van der Waals surface area contributed by atoms with Gasteiger partial charge in [0.2, 0.25) is 0 Å². The summed E-state index contributed by atoms with van der Waals surface area (Å²) in [5.41, 5.74) is 2.49. The monoisotopic (exact) mass is 295 g/mol. The van der Waals surface area contributed by atoms with Crippen molar-refractivity contribution in [3.63, 3.8) is 0 Å². The molecule has 1 N–H and O–H groups in total. The molecule has 0 saturated carbocycles. The predicted octanol–water partition coefficient (Wildman–Crippen LogP) is 2.25. The number of benzene rings is 1. The van der Waals surface area contributed by atoms with Crippen molar-refractivity contribution in [3.8, 4) is 11.3 Å². The zero-order valence-corrected chi connectivity index (χ0v) is 10.9. The molecular weight excluding hydrogens is 286 g/mol. The van der Waals surface area contributed by atoms with Gasteiger partial charge in [0.15, 0.2) is 4.60 Å². The smallest absolute Gasteiger partial charge is 0.336 e. The standard InChI is InChI=1S/C11H10BrN3O2/c1-6-3-4-7(11(16)17)8(5-6)9-10(12)13-14-15(9)2/h3-5H,1-2H3,(H,16,17). The van der Waals surface area contributed by atoms with Crippen molar-refractivity contribution in [1.82, 2.24) is 15.0 Å². The molecule has 0 aliphatic carbocycles. The Morgan fingerprint density at radius 2 is 2.18 bits per heavy atom. The third-order valence-electron chi connectivity index (χ3n) is 2.45. The maximum absolute atomic E-state index is 11.2.